The molecule has 2 aromatic rings. The van der Waals surface area contributed by atoms with E-state index < -0.39 is 15.8 Å². The first-order valence-corrected chi connectivity index (χ1v) is 12.3. The number of pyridine rings is 1. The van der Waals surface area contributed by atoms with Gasteiger partial charge in [-0.25, -0.2) is 18.2 Å². The van der Waals surface area contributed by atoms with Crippen molar-refractivity contribution in [2.75, 3.05) is 31.5 Å². The Morgan fingerprint density at radius 1 is 1.24 bits per heavy atom. The standard InChI is InChI=1S/C22H27N3O7S/c1-4-30-22(26)15(2)24-25-19-7-5-17(13-20(19)31-16-9-11-29-12-10-16)32-21-8-6-18(14-23-21)33(3,27)28/h5-8,13-14,16,25H,4,9-12H2,1-3H3/b24-15-. The van der Waals surface area contributed by atoms with Crippen LogP contribution in [0.3, 0.4) is 0 Å². The number of sulfone groups is 1. The third kappa shape index (κ3) is 7.16. The highest BCUT2D eigenvalue weighted by molar-refractivity contribution is 7.90. The zero-order chi connectivity index (χ0) is 23.8. The molecule has 3 rings (SSSR count). The van der Waals surface area contributed by atoms with Crippen molar-refractivity contribution in [3.8, 4) is 17.4 Å². The average Bonchev–Trinajstić information content (AvgIpc) is 2.79. The number of nitrogens with one attached hydrogen (secondary N) is 1. The number of ether oxygens (including phenoxy) is 4. The van der Waals surface area contributed by atoms with Gasteiger partial charge in [0.15, 0.2) is 9.84 Å². The van der Waals surface area contributed by atoms with E-state index in [1.807, 2.05) is 0 Å². The van der Waals surface area contributed by atoms with Crippen molar-refractivity contribution in [1.82, 2.24) is 4.98 Å². The Kier molecular flexibility index (Phi) is 8.23. The van der Waals surface area contributed by atoms with Crippen molar-refractivity contribution in [2.24, 2.45) is 5.10 Å². The van der Waals surface area contributed by atoms with Gasteiger partial charge in [0.2, 0.25) is 5.88 Å². The largest absolute Gasteiger partial charge is 0.488 e. The van der Waals surface area contributed by atoms with Crippen LogP contribution in [-0.2, 0) is 24.1 Å². The van der Waals surface area contributed by atoms with Gasteiger partial charge in [0.1, 0.15) is 23.3 Å². The molecule has 2 heterocycles. The van der Waals surface area contributed by atoms with Crippen LogP contribution in [0.4, 0.5) is 5.69 Å². The molecule has 1 saturated heterocycles. The van der Waals surface area contributed by atoms with Gasteiger partial charge in [-0.15, -0.1) is 0 Å². The molecule has 1 fully saturated rings. The fourth-order valence-electron chi connectivity index (χ4n) is 2.92. The first kappa shape index (κ1) is 24.5. The number of anilines is 1. The topological polar surface area (TPSA) is 125 Å². The number of esters is 1. The molecule has 1 aromatic carbocycles. The van der Waals surface area contributed by atoms with Crippen molar-refractivity contribution in [2.45, 2.75) is 37.7 Å². The molecule has 0 aliphatic carbocycles. The van der Waals surface area contributed by atoms with E-state index in [-0.39, 0.29) is 29.2 Å². The number of carbonyl (C=O) groups excluding carboxylic acids is 1. The van der Waals surface area contributed by atoms with Gasteiger partial charge in [0, 0.05) is 37.4 Å². The van der Waals surface area contributed by atoms with Gasteiger partial charge in [-0.05, 0) is 32.0 Å². The van der Waals surface area contributed by atoms with E-state index in [2.05, 4.69) is 15.5 Å². The fourth-order valence-corrected chi connectivity index (χ4v) is 3.48. The molecule has 33 heavy (non-hydrogen) atoms. The van der Waals surface area contributed by atoms with Crippen LogP contribution >= 0.6 is 0 Å². The minimum Gasteiger partial charge on any atom is -0.488 e. The van der Waals surface area contributed by atoms with Crippen molar-refractivity contribution < 1.29 is 32.2 Å². The summed E-state index contributed by atoms with van der Waals surface area (Å²) >= 11 is 0. The van der Waals surface area contributed by atoms with Crippen LogP contribution < -0.4 is 14.9 Å². The number of nitrogens with zero attached hydrogens (tertiary/aromatic N) is 2. The van der Waals surface area contributed by atoms with Crippen LogP contribution in [0.5, 0.6) is 17.4 Å². The van der Waals surface area contributed by atoms with Crippen LogP contribution in [0, 0.1) is 0 Å². The molecule has 10 nitrogen and oxygen atoms in total. The number of rotatable bonds is 9. The Morgan fingerprint density at radius 3 is 2.64 bits per heavy atom. The van der Waals surface area contributed by atoms with E-state index in [9.17, 15) is 13.2 Å². The van der Waals surface area contributed by atoms with E-state index in [0.717, 1.165) is 19.1 Å². The second kappa shape index (κ2) is 11.1. The summed E-state index contributed by atoms with van der Waals surface area (Å²) in [5.74, 6) is 0.637. The molecule has 11 heteroatoms. The van der Waals surface area contributed by atoms with Crippen LogP contribution in [0.2, 0.25) is 0 Å². The predicted octanol–water partition coefficient (Wildman–Crippen LogP) is 3.19. The average molecular weight is 478 g/mol. The van der Waals surface area contributed by atoms with Crippen molar-refractivity contribution in [3.05, 3.63) is 36.5 Å². The normalized spacial score (nSPS) is 15.1. The summed E-state index contributed by atoms with van der Waals surface area (Å²) in [5.41, 5.74) is 3.56. The van der Waals surface area contributed by atoms with E-state index in [0.29, 0.717) is 30.4 Å². The maximum absolute atomic E-state index is 11.8. The molecule has 1 aliphatic rings. The molecular weight excluding hydrogens is 450 g/mol. The van der Waals surface area contributed by atoms with Gasteiger partial charge in [-0.2, -0.15) is 5.10 Å². The Hall–Kier alpha value is -3.18. The number of aromatic nitrogens is 1. The number of hydrogen-bond donors (Lipinski definition) is 1. The van der Waals surface area contributed by atoms with E-state index >= 15 is 0 Å². The molecule has 0 atom stereocenters. The van der Waals surface area contributed by atoms with Gasteiger partial charge >= 0.3 is 5.97 Å². The van der Waals surface area contributed by atoms with Crippen LogP contribution in [-0.4, -0.2) is 57.3 Å². The summed E-state index contributed by atoms with van der Waals surface area (Å²) in [5, 5.41) is 4.09. The first-order chi connectivity index (χ1) is 15.8. The maximum atomic E-state index is 11.8. The van der Waals surface area contributed by atoms with Gasteiger partial charge in [-0.3, -0.25) is 5.43 Å². The van der Waals surface area contributed by atoms with Crippen LogP contribution in [0.15, 0.2) is 46.5 Å². The summed E-state index contributed by atoms with van der Waals surface area (Å²) in [6, 6.07) is 7.98. The van der Waals surface area contributed by atoms with Crippen LogP contribution in [0.1, 0.15) is 26.7 Å². The maximum Gasteiger partial charge on any atom is 0.354 e. The minimum atomic E-state index is -3.35. The van der Waals surface area contributed by atoms with Gasteiger partial charge in [-0.1, -0.05) is 0 Å². The molecule has 0 spiro atoms. The first-order valence-electron chi connectivity index (χ1n) is 10.5. The Morgan fingerprint density at radius 2 is 2.00 bits per heavy atom. The van der Waals surface area contributed by atoms with Gasteiger partial charge in [0.25, 0.3) is 0 Å². The molecule has 0 saturated carbocycles. The smallest absolute Gasteiger partial charge is 0.354 e. The molecule has 1 aliphatic heterocycles. The summed E-state index contributed by atoms with van der Waals surface area (Å²) in [4.78, 5) is 16.0. The van der Waals surface area contributed by atoms with Gasteiger partial charge < -0.3 is 18.9 Å². The van der Waals surface area contributed by atoms with Crippen molar-refractivity contribution in [1.29, 1.82) is 0 Å². The third-order valence-electron chi connectivity index (χ3n) is 4.69. The summed E-state index contributed by atoms with van der Waals surface area (Å²) < 4.78 is 45.5. The molecule has 0 bridgehead atoms. The molecule has 0 radical (unpaired) electrons. The van der Waals surface area contributed by atoms with E-state index in [4.69, 9.17) is 18.9 Å². The molecule has 0 unspecified atom stereocenters. The Labute approximate surface area is 192 Å². The highest BCUT2D eigenvalue weighted by Crippen LogP contribution is 2.33. The molecule has 178 valence electrons. The lowest BCUT2D eigenvalue weighted by Gasteiger charge is -2.24. The Balaban J connectivity index is 1.81. The van der Waals surface area contributed by atoms with Crippen LogP contribution in [0.25, 0.3) is 0 Å². The number of hydrogen-bond acceptors (Lipinski definition) is 10. The monoisotopic (exact) mass is 477 g/mol. The minimum absolute atomic E-state index is 0.0446. The molecule has 1 aromatic heterocycles. The van der Waals surface area contributed by atoms with Gasteiger partial charge in [0.05, 0.1) is 30.4 Å². The van der Waals surface area contributed by atoms with E-state index in [1.165, 1.54) is 18.3 Å². The second-order valence-corrected chi connectivity index (χ2v) is 9.34. The summed E-state index contributed by atoms with van der Waals surface area (Å²) in [6.45, 7) is 4.75. The predicted molar refractivity (Wildman–Crippen MR) is 122 cm³/mol. The molecule has 0 amide bonds. The number of hydrazone groups is 1. The lowest BCUT2D eigenvalue weighted by atomic mass is 10.1. The zero-order valence-electron chi connectivity index (χ0n) is 18.7. The van der Waals surface area contributed by atoms with Crippen molar-refractivity contribution in [3.63, 3.8) is 0 Å². The second-order valence-electron chi connectivity index (χ2n) is 7.32. The summed E-state index contributed by atoms with van der Waals surface area (Å²) in [7, 11) is -3.35. The molecule has 1 N–H and O–H groups in total. The number of carbonyl (C=O) groups is 1. The lowest BCUT2D eigenvalue weighted by Crippen LogP contribution is -2.26. The highest BCUT2D eigenvalue weighted by atomic mass is 32.2. The number of benzene rings is 1. The van der Waals surface area contributed by atoms with Crippen molar-refractivity contribution >= 4 is 27.2 Å². The zero-order valence-corrected chi connectivity index (χ0v) is 19.6. The molecular formula is C22H27N3O7S. The third-order valence-corrected chi connectivity index (χ3v) is 5.79. The summed E-state index contributed by atoms with van der Waals surface area (Å²) in [6.07, 6.45) is 3.79. The van der Waals surface area contributed by atoms with E-state index in [1.54, 1.807) is 32.0 Å². The SMILES string of the molecule is CCOC(=O)/C(C)=N\Nc1ccc(Oc2ccc(S(C)(=O)=O)cn2)cc1OC1CCOCC1. The lowest BCUT2D eigenvalue weighted by molar-refractivity contribution is -0.135. The fraction of sp³-hybridized carbons (Fsp3) is 0.409. The quantitative estimate of drug-likeness (QED) is 0.329. The Bertz CT molecular complexity index is 1100. The highest BCUT2D eigenvalue weighted by Gasteiger charge is 2.18.